The van der Waals surface area contributed by atoms with Gasteiger partial charge in [-0.05, 0) is 50.3 Å². The summed E-state index contributed by atoms with van der Waals surface area (Å²) in [6, 6.07) is 3.49. The quantitative estimate of drug-likeness (QED) is 0.795. The molecule has 2 atom stereocenters. The van der Waals surface area contributed by atoms with Crippen molar-refractivity contribution in [3.63, 3.8) is 0 Å². The van der Waals surface area contributed by atoms with E-state index in [1.54, 1.807) is 0 Å². The van der Waals surface area contributed by atoms with Crippen LogP contribution in [0.2, 0.25) is 0 Å². The molecule has 2 amide bonds. The van der Waals surface area contributed by atoms with Gasteiger partial charge in [0.2, 0.25) is 5.91 Å². The highest BCUT2D eigenvalue weighted by Gasteiger charge is 2.32. The van der Waals surface area contributed by atoms with Crippen LogP contribution in [0.15, 0.2) is 18.2 Å². The van der Waals surface area contributed by atoms with Gasteiger partial charge in [-0.3, -0.25) is 9.59 Å². The summed E-state index contributed by atoms with van der Waals surface area (Å²) in [5.41, 5.74) is -0.0745. The van der Waals surface area contributed by atoms with Crippen LogP contribution in [-0.2, 0) is 4.79 Å². The van der Waals surface area contributed by atoms with Gasteiger partial charge in [0.1, 0.15) is 11.6 Å². The summed E-state index contributed by atoms with van der Waals surface area (Å²) in [5.74, 6) is -1.34. The number of aromatic hydroxyl groups is 1. The van der Waals surface area contributed by atoms with Crippen molar-refractivity contribution < 1.29 is 19.1 Å². The molecule has 5 nitrogen and oxygen atoms in total. The van der Waals surface area contributed by atoms with Crippen LogP contribution in [0.1, 0.15) is 48.9 Å². The van der Waals surface area contributed by atoms with Crippen LogP contribution in [0.4, 0.5) is 4.39 Å². The van der Waals surface area contributed by atoms with E-state index in [0.29, 0.717) is 12.5 Å². The molecule has 1 aromatic rings. The number of phenols is 1. The Labute approximate surface area is 134 Å². The fraction of sp³-hybridized carbons (Fsp3) is 0.529. The topological polar surface area (TPSA) is 78.4 Å². The van der Waals surface area contributed by atoms with Gasteiger partial charge in [0, 0.05) is 18.0 Å². The Hall–Kier alpha value is -2.11. The molecular weight excluding hydrogens is 299 g/mol. The number of nitrogens with one attached hydrogen (secondary N) is 2. The normalized spacial score (nSPS) is 24.0. The SMILES string of the molecule is O=C(N[C@@H]1CCC[C@@H](C(=O)NC2CC2)C1)c1cc(F)ccc1O. The molecule has 0 radical (unpaired) electrons. The van der Waals surface area contributed by atoms with Crippen molar-refractivity contribution in [2.45, 2.75) is 50.6 Å². The Morgan fingerprint density at radius 3 is 2.61 bits per heavy atom. The van der Waals surface area contributed by atoms with Crippen molar-refractivity contribution in [1.82, 2.24) is 10.6 Å². The first kappa shape index (κ1) is 15.8. The summed E-state index contributed by atoms with van der Waals surface area (Å²) in [4.78, 5) is 24.3. The van der Waals surface area contributed by atoms with Crippen molar-refractivity contribution >= 4 is 11.8 Å². The van der Waals surface area contributed by atoms with E-state index in [4.69, 9.17) is 0 Å². The predicted octanol–water partition coefficient (Wildman–Crippen LogP) is 2.10. The first-order valence-corrected chi connectivity index (χ1v) is 8.12. The highest BCUT2D eigenvalue weighted by molar-refractivity contribution is 5.97. The Morgan fingerprint density at radius 2 is 1.87 bits per heavy atom. The summed E-state index contributed by atoms with van der Waals surface area (Å²) >= 11 is 0. The van der Waals surface area contributed by atoms with Gasteiger partial charge >= 0.3 is 0 Å². The molecule has 124 valence electrons. The van der Waals surface area contributed by atoms with Crippen molar-refractivity contribution in [2.24, 2.45) is 5.92 Å². The lowest BCUT2D eigenvalue weighted by Gasteiger charge is -2.29. The van der Waals surface area contributed by atoms with E-state index in [2.05, 4.69) is 10.6 Å². The lowest BCUT2D eigenvalue weighted by molar-refractivity contribution is -0.126. The smallest absolute Gasteiger partial charge is 0.255 e. The van der Waals surface area contributed by atoms with E-state index in [1.165, 1.54) is 0 Å². The van der Waals surface area contributed by atoms with E-state index in [0.717, 1.165) is 50.3 Å². The van der Waals surface area contributed by atoms with E-state index >= 15 is 0 Å². The van der Waals surface area contributed by atoms with Crippen LogP contribution in [0.5, 0.6) is 5.75 Å². The fourth-order valence-corrected chi connectivity index (χ4v) is 3.06. The van der Waals surface area contributed by atoms with Crippen LogP contribution in [0.25, 0.3) is 0 Å². The molecule has 2 saturated carbocycles. The number of benzene rings is 1. The van der Waals surface area contributed by atoms with Crippen LogP contribution in [-0.4, -0.2) is 29.0 Å². The van der Waals surface area contributed by atoms with Gasteiger partial charge in [-0.15, -0.1) is 0 Å². The largest absolute Gasteiger partial charge is 0.507 e. The minimum absolute atomic E-state index is 0.0695. The number of phenolic OH excluding ortho intramolecular Hbond substituents is 1. The van der Waals surface area contributed by atoms with Crippen LogP contribution >= 0.6 is 0 Å². The van der Waals surface area contributed by atoms with Crippen LogP contribution in [0.3, 0.4) is 0 Å². The van der Waals surface area contributed by atoms with Crippen molar-refractivity contribution in [3.8, 4) is 5.75 Å². The number of halogens is 1. The summed E-state index contributed by atoms with van der Waals surface area (Å²) in [6.07, 6.45) is 5.17. The molecule has 0 aromatic heterocycles. The molecule has 3 rings (SSSR count). The average molecular weight is 320 g/mol. The van der Waals surface area contributed by atoms with Gasteiger partial charge in [-0.1, -0.05) is 6.42 Å². The second kappa shape index (κ2) is 6.56. The number of hydrogen-bond acceptors (Lipinski definition) is 3. The zero-order valence-electron chi connectivity index (χ0n) is 12.8. The summed E-state index contributed by atoms with van der Waals surface area (Å²) < 4.78 is 13.2. The third-order valence-electron chi connectivity index (χ3n) is 4.51. The van der Waals surface area contributed by atoms with Crippen molar-refractivity contribution in [2.75, 3.05) is 0 Å². The lowest BCUT2D eigenvalue weighted by Crippen LogP contribution is -2.42. The number of carbonyl (C=O) groups is 2. The minimum Gasteiger partial charge on any atom is -0.507 e. The molecule has 0 spiro atoms. The zero-order chi connectivity index (χ0) is 16.4. The molecule has 0 saturated heterocycles. The number of carbonyl (C=O) groups excluding carboxylic acids is 2. The standard InChI is InChI=1S/C17H21FN2O3/c18-11-4-7-15(21)14(9-11)17(23)20-13-3-1-2-10(8-13)16(22)19-12-5-6-12/h4,7,9-10,12-13,21H,1-3,5-6,8H2,(H,19,22)(H,20,23)/t10-,13-/m1/s1. The molecule has 3 N–H and O–H groups in total. The van der Waals surface area contributed by atoms with Gasteiger partial charge < -0.3 is 15.7 Å². The highest BCUT2D eigenvalue weighted by atomic mass is 19.1. The van der Waals surface area contributed by atoms with Gasteiger partial charge in [0.05, 0.1) is 5.56 Å². The molecule has 0 aliphatic heterocycles. The molecular formula is C17H21FN2O3. The monoisotopic (exact) mass is 320 g/mol. The molecule has 0 unspecified atom stereocenters. The maximum atomic E-state index is 13.2. The van der Waals surface area contributed by atoms with Crippen LogP contribution in [0, 0.1) is 11.7 Å². The molecule has 0 bridgehead atoms. The lowest BCUT2D eigenvalue weighted by atomic mass is 9.85. The summed E-state index contributed by atoms with van der Waals surface area (Å²) in [5, 5.41) is 15.5. The molecule has 1 aromatic carbocycles. The molecule has 2 fully saturated rings. The fourth-order valence-electron chi connectivity index (χ4n) is 3.06. The van der Waals surface area contributed by atoms with E-state index in [9.17, 15) is 19.1 Å². The second-order valence-electron chi connectivity index (χ2n) is 6.48. The Balaban J connectivity index is 1.59. The number of amides is 2. The molecule has 6 heteroatoms. The van der Waals surface area contributed by atoms with Crippen molar-refractivity contribution in [3.05, 3.63) is 29.6 Å². The van der Waals surface area contributed by atoms with Gasteiger partial charge in [0.15, 0.2) is 0 Å². The van der Waals surface area contributed by atoms with Gasteiger partial charge in [-0.2, -0.15) is 0 Å². The van der Waals surface area contributed by atoms with Gasteiger partial charge in [0.25, 0.3) is 5.91 Å². The summed E-state index contributed by atoms with van der Waals surface area (Å²) in [6.45, 7) is 0. The Kier molecular flexibility index (Phi) is 4.50. The third kappa shape index (κ3) is 4.00. The molecule has 0 heterocycles. The predicted molar refractivity (Wildman–Crippen MR) is 82.4 cm³/mol. The second-order valence-corrected chi connectivity index (χ2v) is 6.48. The molecule has 2 aliphatic carbocycles. The number of rotatable bonds is 4. The minimum atomic E-state index is -0.571. The molecule has 2 aliphatic rings. The van der Waals surface area contributed by atoms with E-state index < -0.39 is 11.7 Å². The Bertz CT molecular complexity index is 616. The third-order valence-corrected chi connectivity index (χ3v) is 4.51. The first-order valence-electron chi connectivity index (χ1n) is 8.12. The van der Waals surface area contributed by atoms with E-state index in [-0.39, 0.29) is 29.2 Å². The average Bonchev–Trinajstić information content (AvgIpc) is 3.34. The Morgan fingerprint density at radius 1 is 1.09 bits per heavy atom. The zero-order valence-corrected chi connectivity index (χ0v) is 12.8. The molecule has 23 heavy (non-hydrogen) atoms. The first-order chi connectivity index (χ1) is 11.0. The van der Waals surface area contributed by atoms with Crippen LogP contribution < -0.4 is 10.6 Å². The van der Waals surface area contributed by atoms with Crippen molar-refractivity contribution in [1.29, 1.82) is 0 Å². The van der Waals surface area contributed by atoms with E-state index in [1.807, 2.05) is 0 Å². The maximum absolute atomic E-state index is 13.2. The highest BCUT2D eigenvalue weighted by Crippen LogP contribution is 2.27. The maximum Gasteiger partial charge on any atom is 0.255 e. The number of hydrogen-bond donors (Lipinski definition) is 3. The van der Waals surface area contributed by atoms with Gasteiger partial charge in [-0.25, -0.2) is 4.39 Å². The summed E-state index contributed by atoms with van der Waals surface area (Å²) in [7, 11) is 0.